The summed E-state index contributed by atoms with van der Waals surface area (Å²) in [6.07, 6.45) is 5.18. The molecule has 6 rings (SSSR count). The second-order valence-electron chi connectivity index (χ2n) is 8.01. The summed E-state index contributed by atoms with van der Waals surface area (Å²) in [6.45, 7) is 1.96. The zero-order valence-electron chi connectivity index (χ0n) is 15.4. The van der Waals surface area contributed by atoms with Crippen molar-refractivity contribution in [2.24, 2.45) is 23.7 Å². The lowest BCUT2D eigenvalue weighted by atomic mass is 9.85. The molecule has 5 heteroatoms. The molecule has 1 aromatic heterocycles. The zero-order valence-corrected chi connectivity index (χ0v) is 15.4. The molecule has 1 saturated heterocycles. The topological polar surface area (TPSA) is 55.2 Å². The number of imide groups is 1. The summed E-state index contributed by atoms with van der Waals surface area (Å²) in [7, 11) is 0. The van der Waals surface area contributed by atoms with Crippen LogP contribution in [0.2, 0.25) is 0 Å². The molecule has 2 heterocycles. The fraction of sp³-hybridized carbons (Fsp3) is 0.261. The Kier molecular flexibility index (Phi) is 3.05. The Morgan fingerprint density at radius 1 is 0.893 bits per heavy atom. The average molecular weight is 369 g/mol. The molecule has 138 valence electrons. The molecule has 2 fully saturated rings. The number of carbonyl (C=O) groups is 2. The number of hydrogen-bond acceptors (Lipinski definition) is 3. The third kappa shape index (κ3) is 1.93. The van der Waals surface area contributed by atoms with Gasteiger partial charge in [-0.1, -0.05) is 30.4 Å². The van der Waals surface area contributed by atoms with Gasteiger partial charge in [0.25, 0.3) is 0 Å². The predicted molar refractivity (Wildman–Crippen MR) is 106 cm³/mol. The molecular formula is C23H19N3O2. The Morgan fingerprint density at radius 2 is 1.57 bits per heavy atom. The second-order valence-corrected chi connectivity index (χ2v) is 8.01. The summed E-state index contributed by atoms with van der Waals surface area (Å²) < 4.78 is 2.09. The maximum atomic E-state index is 13.1. The first-order valence-corrected chi connectivity index (χ1v) is 9.74. The normalized spacial score (nSPS) is 28.0. The summed E-state index contributed by atoms with van der Waals surface area (Å²) in [5, 5.41) is 0. The Morgan fingerprint density at radius 3 is 2.25 bits per heavy atom. The maximum absolute atomic E-state index is 13.1. The van der Waals surface area contributed by atoms with E-state index in [0.29, 0.717) is 5.69 Å². The number of imidazole rings is 1. The summed E-state index contributed by atoms with van der Waals surface area (Å²) >= 11 is 0. The van der Waals surface area contributed by atoms with E-state index in [9.17, 15) is 9.59 Å². The number of carbonyl (C=O) groups excluding carboxylic acids is 2. The number of aromatic nitrogens is 2. The van der Waals surface area contributed by atoms with Gasteiger partial charge in [0.05, 0.1) is 28.6 Å². The second kappa shape index (κ2) is 5.41. The lowest BCUT2D eigenvalue weighted by Gasteiger charge is -2.17. The molecule has 2 bridgehead atoms. The number of nitrogens with zero attached hydrogens (tertiary/aromatic N) is 3. The van der Waals surface area contributed by atoms with Crippen LogP contribution in [0.3, 0.4) is 0 Å². The van der Waals surface area contributed by atoms with Crippen LogP contribution in [0.4, 0.5) is 5.69 Å². The van der Waals surface area contributed by atoms with Crippen molar-refractivity contribution >= 4 is 28.5 Å². The average Bonchev–Trinajstić information content (AvgIpc) is 3.44. The van der Waals surface area contributed by atoms with Crippen LogP contribution in [0.25, 0.3) is 16.7 Å². The molecule has 2 aliphatic carbocycles. The van der Waals surface area contributed by atoms with Gasteiger partial charge in [0.15, 0.2) is 0 Å². The van der Waals surface area contributed by atoms with Gasteiger partial charge in [0.2, 0.25) is 11.8 Å². The summed E-state index contributed by atoms with van der Waals surface area (Å²) in [6, 6.07) is 15.8. The van der Waals surface area contributed by atoms with Crippen LogP contribution in [-0.2, 0) is 9.59 Å². The quantitative estimate of drug-likeness (QED) is 0.512. The van der Waals surface area contributed by atoms with Crippen LogP contribution >= 0.6 is 0 Å². The molecule has 0 unspecified atom stereocenters. The smallest absolute Gasteiger partial charge is 0.238 e. The Bertz CT molecular complexity index is 1150. The van der Waals surface area contributed by atoms with E-state index in [1.165, 1.54) is 4.90 Å². The molecule has 5 nitrogen and oxygen atoms in total. The Balaban J connectivity index is 1.44. The highest BCUT2D eigenvalue weighted by atomic mass is 16.2. The number of aryl methyl sites for hydroxylation is 1. The van der Waals surface area contributed by atoms with Crippen LogP contribution in [0, 0.1) is 30.6 Å². The highest BCUT2D eigenvalue weighted by Crippen LogP contribution is 2.53. The molecule has 0 spiro atoms. The summed E-state index contributed by atoms with van der Waals surface area (Å²) in [5.41, 5.74) is 3.43. The number of hydrogen-bond donors (Lipinski definition) is 0. The molecule has 28 heavy (non-hydrogen) atoms. The third-order valence-corrected chi connectivity index (χ3v) is 6.55. The van der Waals surface area contributed by atoms with Gasteiger partial charge in [-0.2, -0.15) is 0 Å². The van der Waals surface area contributed by atoms with E-state index in [0.717, 1.165) is 29.0 Å². The molecule has 3 aliphatic rings. The van der Waals surface area contributed by atoms with Crippen molar-refractivity contribution in [2.75, 3.05) is 4.90 Å². The molecule has 0 N–H and O–H groups in total. The lowest BCUT2D eigenvalue weighted by Crippen LogP contribution is -2.32. The van der Waals surface area contributed by atoms with Gasteiger partial charge in [-0.3, -0.25) is 14.2 Å². The van der Waals surface area contributed by atoms with Crippen molar-refractivity contribution in [1.82, 2.24) is 9.55 Å². The molecule has 3 aromatic rings. The Hall–Kier alpha value is -3.21. The number of fused-ring (bicyclic) bond motifs is 6. The zero-order chi connectivity index (χ0) is 19.0. The highest BCUT2D eigenvalue weighted by molar-refractivity contribution is 6.23. The monoisotopic (exact) mass is 369 g/mol. The highest BCUT2D eigenvalue weighted by Gasteiger charge is 2.59. The van der Waals surface area contributed by atoms with Gasteiger partial charge in [-0.15, -0.1) is 0 Å². The molecular weight excluding hydrogens is 350 g/mol. The SMILES string of the molecule is Cc1nc2cc(N3C(=O)[C@@H]4[C@@H](C3=O)[C@H]3C=C[C@H]4C3)ccc2n1-c1ccccc1. The van der Waals surface area contributed by atoms with Gasteiger partial charge >= 0.3 is 0 Å². The first-order chi connectivity index (χ1) is 13.6. The molecule has 4 atom stereocenters. The summed E-state index contributed by atoms with van der Waals surface area (Å²) in [5.74, 6) is 0.857. The van der Waals surface area contributed by atoms with Gasteiger partial charge < -0.3 is 0 Å². The van der Waals surface area contributed by atoms with E-state index in [-0.39, 0.29) is 35.5 Å². The van der Waals surface area contributed by atoms with E-state index in [1.54, 1.807) is 0 Å². The number of anilines is 1. The van der Waals surface area contributed by atoms with Crippen LogP contribution in [0.1, 0.15) is 12.2 Å². The van der Waals surface area contributed by atoms with Gasteiger partial charge in [0, 0.05) is 5.69 Å². The van der Waals surface area contributed by atoms with Crippen LogP contribution in [0.15, 0.2) is 60.7 Å². The number of para-hydroxylation sites is 1. The van der Waals surface area contributed by atoms with Crippen LogP contribution < -0.4 is 4.90 Å². The number of rotatable bonds is 2. The minimum atomic E-state index is -0.179. The van der Waals surface area contributed by atoms with E-state index < -0.39 is 0 Å². The molecule has 0 radical (unpaired) electrons. The lowest BCUT2D eigenvalue weighted by molar-refractivity contribution is -0.123. The first-order valence-electron chi connectivity index (χ1n) is 9.74. The van der Waals surface area contributed by atoms with Crippen LogP contribution in [0.5, 0.6) is 0 Å². The van der Waals surface area contributed by atoms with Crippen molar-refractivity contribution in [2.45, 2.75) is 13.3 Å². The third-order valence-electron chi connectivity index (χ3n) is 6.55. The van der Waals surface area contributed by atoms with Gasteiger partial charge in [-0.05, 0) is 55.5 Å². The van der Waals surface area contributed by atoms with Gasteiger partial charge in [-0.25, -0.2) is 9.88 Å². The molecule has 1 aliphatic heterocycles. The van der Waals surface area contributed by atoms with Crippen molar-refractivity contribution in [3.63, 3.8) is 0 Å². The van der Waals surface area contributed by atoms with Crippen molar-refractivity contribution in [1.29, 1.82) is 0 Å². The predicted octanol–water partition coefficient (Wildman–Crippen LogP) is 3.65. The van der Waals surface area contributed by atoms with E-state index in [2.05, 4.69) is 21.7 Å². The van der Waals surface area contributed by atoms with Gasteiger partial charge in [0.1, 0.15) is 5.82 Å². The fourth-order valence-corrected chi connectivity index (χ4v) is 5.39. The largest absolute Gasteiger partial charge is 0.297 e. The summed E-state index contributed by atoms with van der Waals surface area (Å²) in [4.78, 5) is 32.2. The standard InChI is InChI=1S/C23H19N3O2/c1-13-24-18-12-17(9-10-19(18)25(13)16-5-3-2-4-6-16)26-22(27)20-14-7-8-15(11-14)21(20)23(26)28/h2-10,12,14-15,20-21H,11H2,1H3/t14-,15-,20-,21-/m0/s1. The molecule has 2 aromatic carbocycles. The number of benzene rings is 2. The first kappa shape index (κ1) is 15.8. The van der Waals surface area contributed by atoms with E-state index in [1.807, 2.05) is 55.5 Å². The van der Waals surface area contributed by atoms with Crippen LogP contribution in [-0.4, -0.2) is 21.4 Å². The number of amides is 2. The van der Waals surface area contributed by atoms with E-state index in [4.69, 9.17) is 0 Å². The molecule has 2 amide bonds. The van der Waals surface area contributed by atoms with Crippen molar-refractivity contribution < 1.29 is 9.59 Å². The van der Waals surface area contributed by atoms with E-state index >= 15 is 0 Å². The molecule has 1 saturated carbocycles. The number of allylic oxidation sites excluding steroid dienone is 2. The van der Waals surface area contributed by atoms with Crippen molar-refractivity contribution in [3.05, 3.63) is 66.5 Å². The fourth-order valence-electron chi connectivity index (χ4n) is 5.39. The minimum absolute atomic E-state index is 0.0505. The Labute approximate surface area is 162 Å². The minimum Gasteiger partial charge on any atom is -0.297 e. The van der Waals surface area contributed by atoms with Crippen molar-refractivity contribution in [3.8, 4) is 5.69 Å². The maximum Gasteiger partial charge on any atom is 0.238 e.